The molecule has 0 aromatic heterocycles. The summed E-state index contributed by atoms with van der Waals surface area (Å²) in [4.78, 5) is 14.6. The number of carbonyl (C=O) groups is 1. The van der Waals surface area contributed by atoms with Crippen LogP contribution in [0.4, 0.5) is 0 Å². The Bertz CT molecular complexity index is 427. The van der Waals surface area contributed by atoms with Crippen LogP contribution in [0.25, 0.3) is 0 Å². The fraction of sp³-hybridized carbons (Fsp3) is 0.273. The molecular formula is C11H10ClNO3. The molecule has 1 heterocycles. The highest BCUT2D eigenvalue weighted by atomic mass is 35.5. The third-order valence-electron chi connectivity index (χ3n) is 2.26. The summed E-state index contributed by atoms with van der Waals surface area (Å²) < 4.78 is 5.20. The van der Waals surface area contributed by atoms with Crippen LogP contribution in [0.1, 0.15) is 5.56 Å². The van der Waals surface area contributed by atoms with E-state index in [-0.39, 0.29) is 6.61 Å². The number of carboxylic acids is 1. The lowest BCUT2D eigenvalue weighted by atomic mass is 10.1. The van der Waals surface area contributed by atoms with Crippen LogP contribution >= 0.6 is 11.6 Å². The van der Waals surface area contributed by atoms with E-state index in [2.05, 4.69) is 4.99 Å². The lowest BCUT2D eigenvalue weighted by Gasteiger charge is -2.01. The normalized spacial score (nSPS) is 19.1. The van der Waals surface area contributed by atoms with E-state index in [4.69, 9.17) is 21.4 Å². The van der Waals surface area contributed by atoms with E-state index in [1.165, 1.54) is 0 Å². The highest BCUT2D eigenvalue weighted by Crippen LogP contribution is 2.13. The summed E-state index contributed by atoms with van der Waals surface area (Å²) in [5.41, 5.74) is 0.995. The van der Waals surface area contributed by atoms with Gasteiger partial charge in [-0.25, -0.2) is 9.79 Å². The molecule has 0 radical (unpaired) electrons. The Morgan fingerprint density at radius 3 is 2.75 bits per heavy atom. The van der Waals surface area contributed by atoms with E-state index in [1.807, 2.05) is 12.1 Å². The largest absolute Gasteiger partial charge is 0.480 e. The maximum absolute atomic E-state index is 10.6. The van der Waals surface area contributed by atoms with E-state index < -0.39 is 12.0 Å². The molecule has 0 saturated heterocycles. The average molecular weight is 240 g/mol. The van der Waals surface area contributed by atoms with Crippen molar-refractivity contribution in [2.75, 3.05) is 6.61 Å². The van der Waals surface area contributed by atoms with Crippen molar-refractivity contribution < 1.29 is 14.6 Å². The van der Waals surface area contributed by atoms with Gasteiger partial charge in [0.05, 0.1) is 0 Å². The average Bonchev–Trinajstić information content (AvgIpc) is 2.70. The minimum absolute atomic E-state index is 0.123. The molecule has 84 valence electrons. The van der Waals surface area contributed by atoms with Gasteiger partial charge in [-0.1, -0.05) is 23.7 Å². The second-order valence-corrected chi connectivity index (χ2v) is 3.93. The highest BCUT2D eigenvalue weighted by Gasteiger charge is 2.24. The number of aliphatic carboxylic acids is 1. The molecular weight excluding hydrogens is 230 g/mol. The summed E-state index contributed by atoms with van der Waals surface area (Å²) in [6.45, 7) is 0.123. The zero-order valence-electron chi connectivity index (χ0n) is 8.39. The van der Waals surface area contributed by atoms with E-state index in [0.29, 0.717) is 17.3 Å². The van der Waals surface area contributed by atoms with Crippen LogP contribution in [0.15, 0.2) is 29.3 Å². The molecule has 1 unspecified atom stereocenters. The van der Waals surface area contributed by atoms with Crippen molar-refractivity contribution in [3.05, 3.63) is 34.9 Å². The van der Waals surface area contributed by atoms with Gasteiger partial charge in [-0.2, -0.15) is 0 Å². The van der Waals surface area contributed by atoms with Crippen molar-refractivity contribution in [2.24, 2.45) is 4.99 Å². The Morgan fingerprint density at radius 2 is 2.19 bits per heavy atom. The van der Waals surface area contributed by atoms with Gasteiger partial charge in [0.1, 0.15) is 6.61 Å². The fourth-order valence-electron chi connectivity index (χ4n) is 1.42. The highest BCUT2D eigenvalue weighted by molar-refractivity contribution is 6.30. The molecule has 1 aromatic carbocycles. The molecule has 0 bridgehead atoms. The van der Waals surface area contributed by atoms with Gasteiger partial charge in [-0.05, 0) is 17.7 Å². The molecule has 4 nitrogen and oxygen atoms in total. The molecule has 1 atom stereocenters. The molecule has 1 N–H and O–H groups in total. The monoisotopic (exact) mass is 239 g/mol. The summed E-state index contributed by atoms with van der Waals surface area (Å²) >= 11 is 5.75. The molecule has 5 heteroatoms. The molecule has 1 aromatic rings. The SMILES string of the molecule is O=C(O)C1COC(Cc2ccc(Cl)cc2)=N1. The zero-order valence-corrected chi connectivity index (χ0v) is 9.15. The predicted octanol–water partition coefficient (Wildman–Crippen LogP) is 1.76. The minimum Gasteiger partial charge on any atom is -0.480 e. The second kappa shape index (κ2) is 4.53. The summed E-state index contributed by atoms with van der Waals surface area (Å²) in [6, 6.07) is 6.52. The van der Waals surface area contributed by atoms with E-state index in [9.17, 15) is 4.79 Å². The van der Waals surface area contributed by atoms with Crippen molar-refractivity contribution in [2.45, 2.75) is 12.5 Å². The Balaban J connectivity index is 2.03. The molecule has 0 aliphatic carbocycles. The van der Waals surface area contributed by atoms with Crippen molar-refractivity contribution in [3.63, 3.8) is 0 Å². The standard InChI is InChI=1S/C11H10ClNO3/c12-8-3-1-7(2-4-8)5-10-13-9(6-16-10)11(14)15/h1-4,9H,5-6H2,(H,14,15). The Labute approximate surface area is 97.5 Å². The first kappa shape index (κ1) is 11.0. The number of benzene rings is 1. The predicted molar refractivity (Wildman–Crippen MR) is 60.0 cm³/mol. The third kappa shape index (κ3) is 2.52. The molecule has 0 saturated carbocycles. The van der Waals surface area contributed by atoms with Crippen molar-refractivity contribution >= 4 is 23.5 Å². The van der Waals surface area contributed by atoms with Crippen LogP contribution < -0.4 is 0 Å². The van der Waals surface area contributed by atoms with Crippen LogP contribution in [0.2, 0.25) is 5.02 Å². The first-order chi connectivity index (χ1) is 7.65. The molecule has 2 rings (SSSR count). The smallest absolute Gasteiger partial charge is 0.332 e. The topological polar surface area (TPSA) is 58.9 Å². The maximum atomic E-state index is 10.6. The Hall–Kier alpha value is -1.55. The maximum Gasteiger partial charge on any atom is 0.332 e. The lowest BCUT2D eigenvalue weighted by Crippen LogP contribution is -2.18. The molecule has 0 fully saturated rings. The number of carboxylic acid groups (broad SMARTS) is 1. The molecule has 16 heavy (non-hydrogen) atoms. The van der Waals surface area contributed by atoms with Gasteiger partial charge in [0.25, 0.3) is 0 Å². The van der Waals surface area contributed by atoms with Gasteiger partial charge in [0, 0.05) is 11.4 Å². The summed E-state index contributed by atoms with van der Waals surface area (Å²) in [7, 11) is 0. The summed E-state index contributed by atoms with van der Waals surface area (Å²) in [6.07, 6.45) is 0.501. The number of hydrogen-bond acceptors (Lipinski definition) is 3. The molecule has 1 aliphatic rings. The van der Waals surface area contributed by atoms with Crippen molar-refractivity contribution in [3.8, 4) is 0 Å². The summed E-state index contributed by atoms with van der Waals surface area (Å²) in [5.74, 6) is -0.485. The van der Waals surface area contributed by atoms with E-state index in [0.717, 1.165) is 5.56 Å². The van der Waals surface area contributed by atoms with E-state index >= 15 is 0 Å². The van der Waals surface area contributed by atoms with Gasteiger partial charge in [-0.15, -0.1) is 0 Å². The zero-order chi connectivity index (χ0) is 11.5. The number of aliphatic imine (C=N–C) groups is 1. The van der Waals surface area contributed by atoms with Gasteiger partial charge in [-0.3, -0.25) is 0 Å². The van der Waals surface area contributed by atoms with Gasteiger partial charge >= 0.3 is 5.97 Å². The van der Waals surface area contributed by atoms with E-state index in [1.54, 1.807) is 12.1 Å². The van der Waals surface area contributed by atoms with Crippen molar-refractivity contribution in [1.82, 2.24) is 0 Å². The van der Waals surface area contributed by atoms with Crippen LogP contribution in [-0.4, -0.2) is 29.6 Å². The third-order valence-corrected chi connectivity index (χ3v) is 2.51. The number of ether oxygens (including phenoxy) is 1. The van der Waals surface area contributed by atoms with Crippen LogP contribution in [0.5, 0.6) is 0 Å². The minimum atomic E-state index is -0.953. The van der Waals surface area contributed by atoms with Crippen LogP contribution in [0, 0.1) is 0 Å². The van der Waals surface area contributed by atoms with Gasteiger partial charge in [0.2, 0.25) is 0 Å². The quantitative estimate of drug-likeness (QED) is 0.875. The lowest BCUT2D eigenvalue weighted by molar-refractivity contribution is -0.138. The Morgan fingerprint density at radius 1 is 1.50 bits per heavy atom. The van der Waals surface area contributed by atoms with Crippen molar-refractivity contribution in [1.29, 1.82) is 0 Å². The second-order valence-electron chi connectivity index (χ2n) is 3.49. The number of hydrogen-bond donors (Lipinski definition) is 1. The van der Waals surface area contributed by atoms with Gasteiger partial charge < -0.3 is 9.84 Å². The number of nitrogens with zero attached hydrogens (tertiary/aromatic N) is 1. The first-order valence-electron chi connectivity index (χ1n) is 4.82. The number of rotatable bonds is 3. The van der Waals surface area contributed by atoms with Crippen LogP contribution in [0.3, 0.4) is 0 Å². The molecule has 1 aliphatic heterocycles. The number of halogens is 1. The fourth-order valence-corrected chi connectivity index (χ4v) is 1.55. The van der Waals surface area contributed by atoms with Crippen LogP contribution in [-0.2, 0) is 16.0 Å². The summed E-state index contributed by atoms with van der Waals surface area (Å²) in [5, 5.41) is 9.40. The van der Waals surface area contributed by atoms with Gasteiger partial charge in [0.15, 0.2) is 11.9 Å². The molecule has 0 amide bonds. The Kier molecular flexibility index (Phi) is 3.10. The molecule has 0 spiro atoms. The first-order valence-corrected chi connectivity index (χ1v) is 5.19.